The molecule has 0 aliphatic carbocycles. The molecule has 24 heavy (non-hydrogen) atoms. The molecule has 0 radical (unpaired) electrons. The molecule has 0 bridgehead atoms. The molecular weight excluding hydrogens is 340 g/mol. The van der Waals surface area contributed by atoms with Gasteiger partial charge in [-0.05, 0) is 18.2 Å². The average molecular weight is 361 g/mol. The number of nitrogens with zero attached hydrogens (tertiary/aromatic N) is 4. The van der Waals surface area contributed by atoms with Gasteiger partial charge in [0.25, 0.3) is 0 Å². The van der Waals surface area contributed by atoms with Gasteiger partial charge in [-0.3, -0.25) is 0 Å². The lowest BCUT2D eigenvalue weighted by atomic mass is 10.1. The first kappa shape index (κ1) is 17.1. The summed E-state index contributed by atoms with van der Waals surface area (Å²) in [6.45, 7) is 8.25. The Morgan fingerprint density at radius 2 is 2.00 bits per heavy atom. The van der Waals surface area contributed by atoms with E-state index in [-0.39, 0.29) is 0 Å². The van der Waals surface area contributed by atoms with Gasteiger partial charge in [0.05, 0.1) is 10.7 Å². The van der Waals surface area contributed by atoms with Crippen molar-refractivity contribution in [3.63, 3.8) is 0 Å². The molecule has 0 fully saturated rings. The first-order valence-corrected chi connectivity index (χ1v) is 12.0. The number of fused-ring (bicyclic) bond motifs is 1. The summed E-state index contributed by atoms with van der Waals surface area (Å²) in [6, 6.07) is 4.80. The van der Waals surface area contributed by atoms with Gasteiger partial charge in [0.2, 0.25) is 0 Å². The quantitative estimate of drug-likeness (QED) is 0.481. The maximum absolute atomic E-state index is 6.41. The largest absolute Gasteiger partial charge is 0.361 e. The molecule has 0 N–H and O–H groups in total. The monoisotopic (exact) mass is 360 g/mol. The van der Waals surface area contributed by atoms with Gasteiger partial charge in [-0.2, -0.15) is 0 Å². The summed E-state index contributed by atoms with van der Waals surface area (Å²) in [5.41, 5.74) is 2.58. The van der Waals surface area contributed by atoms with Crippen LogP contribution in [-0.2, 0) is 11.5 Å². The van der Waals surface area contributed by atoms with Crippen LogP contribution in [0, 0.1) is 0 Å². The van der Waals surface area contributed by atoms with E-state index in [0.717, 1.165) is 34.9 Å². The minimum absolute atomic E-state index is 0.458. The van der Waals surface area contributed by atoms with E-state index in [9.17, 15) is 0 Å². The highest BCUT2D eigenvalue weighted by molar-refractivity contribution is 6.76. The van der Waals surface area contributed by atoms with E-state index in [1.807, 2.05) is 16.8 Å². The normalized spacial score (nSPS) is 12.0. The van der Waals surface area contributed by atoms with E-state index in [1.54, 1.807) is 18.5 Å². The second-order valence-electron chi connectivity index (χ2n) is 6.95. The predicted octanol–water partition coefficient (Wildman–Crippen LogP) is 4.46. The van der Waals surface area contributed by atoms with Crippen LogP contribution in [0.25, 0.3) is 22.3 Å². The zero-order chi connectivity index (χ0) is 17.2. The summed E-state index contributed by atoms with van der Waals surface area (Å²) in [7, 11) is -1.09. The molecule has 0 aliphatic rings. The third kappa shape index (κ3) is 3.83. The molecule has 0 amide bonds. The lowest BCUT2D eigenvalue weighted by molar-refractivity contribution is 0.0899. The van der Waals surface area contributed by atoms with Crippen LogP contribution in [0.4, 0.5) is 0 Å². The molecule has 0 spiro atoms. The van der Waals surface area contributed by atoms with Crippen LogP contribution in [0.1, 0.15) is 0 Å². The van der Waals surface area contributed by atoms with Crippen molar-refractivity contribution in [2.24, 2.45) is 0 Å². The Kier molecular flexibility index (Phi) is 4.98. The number of rotatable bonds is 6. The van der Waals surface area contributed by atoms with Gasteiger partial charge in [0.1, 0.15) is 18.7 Å². The number of ether oxygens (including phenoxy) is 1. The van der Waals surface area contributed by atoms with E-state index in [1.165, 1.54) is 6.33 Å². The first-order chi connectivity index (χ1) is 11.5. The highest BCUT2D eigenvalue weighted by Crippen LogP contribution is 2.33. The Morgan fingerprint density at radius 3 is 2.71 bits per heavy atom. The molecule has 0 saturated carbocycles. The van der Waals surface area contributed by atoms with Crippen LogP contribution in [-0.4, -0.2) is 34.2 Å². The zero-order valence-corrected chi connectivity index (χ0v) is 15.9. The molecule has 0 unspecified atom stereocenters. The van der Waals surface area contributed by atoms with Crippen molar-refractivity contribution in [2.75, 3.05) is 6.61 Å². The summed E-state index contributed by atoms with van der Waals surface area (Å²) in [5.74, 6) is 0. The average Bonchev–Trinajstić information content (AvgIpc) is 2.92. The fourth-order valence-corrected chi connectivity index (χ4v) is 3.46. The molecule has 0 aromatic carbocycles. The second-order valence-corrected chi connectivity index (χ2v) is 13.0. The fraction of sp³-hybridized carbons (Fsp3) is 0.353. The van der Waals surface area contributed by atoms with E-state index in [2.05, 4.69) is 34.6 Å². The minimum atomic E-state index is -1.09. The van der Waals surface area contributed by atoms with Crippen LogP contribution >= 0.6 is 11.6 Å². The molecule has 0 aliphatic heterocycles. The summed E-state index contributed by atoms with van der Waals surface area (Å²) < 4.78 is 7.86. The Balaban J connectivity index is 1.91. The van der Waals surface area contributed by atoms with Gasteiger partial charge in [-0.25, -0.2) is 15.0 Å². The molecule has 5 nitrogen and oxygen atoms in total. The number of halogens is 1. The van der Waals surface area contributed by atoms with Gasteiger partial charge in [-0.15, -0.1) is 0 Å². The van der Waals surface area contributed by atoms with Crippen LogP contribution in [0.3, 0.4) is 0 Å². The zero-order valence-electron chi connectivity index (χ0n) is 14.2. The lowest BCUT2D eigenvalue weighted by Gasteiger charge is -2.15. The molecule has 3 aromatic heterocycles. The fourth-order valence-electron chi connectivity index (χ4n) is 2.46. The highest BCUT2D eigenvalue weighted by Gasteiger charge is 2.16. The maximum atomic E-state index is 6.41. The van der Waals surface area contributed by atoms with E-state index in [0.29, 0.717) is 11.8 Å². The maximum Gasteiger partial charge on any atom is 0.143 e. The molecule has 7 heteroatoms. The van der Waals surface area contributed by atoms with Crippen molar-refractivity contribution in [1.29, 1.82) is 0 Å². The topological polar surface area (TPSA) is 52.8 Å². The molecule has 0 atom stereocenters. The minimum Gasteiger partial charge on any atom is -0.361 e. The van der Waals surface area contributed by atoms with Crippen LogP contribution in [0.2, 0.25) is 30.7 Å². The van der Waals surface area contributed by atoms with Crippen LogP contribution < -0.4 is 0 Å². The molecule has 0 saturated heterocycles. The Morgan fingerprint density at radius 1 is 1.17 bits per heavy atom. The van der Waals surface area contributed by atoms with Gasteiger partial charge in [-0.1, -0.05) is 31.2 Å². The van der Waals surface area contributed by atoms with E-state index < -0.39 is 8.07 Å². The number of pyridine rings is 1. The van der Waals surface area contributed by atoms with Crippen LogP contribution in [0.15, 0.2) is 37.1 Å². The summed E-state index contributed by atoms with van der Waals surface area (Å²) >= 11 is 6.41. The van der Waals surface area contributed by atoms with Crippen molar-refractivity contribution in [1.82, 2.24) is 19.5 Å². The molecule has 3 aromatic rings. The third-order valence-electron chi connectivity index (χ3n) is 3.79. The summed E-state index contributed by atoms with van der Waals surface area (Å²) in [4.78, 5) is 12.8. The van der Waals surface area contributed by atoms with Gasteiger partial charge in [0.15, 0.2) is 0 Å². The first-order valence-electron chi connectivity index (χ1n) is 7.93. The molecule has 126 valence electrons. The van der Waals surface area contributed by atoms with Gasteiger partial charge in [0, 0.05) is 44.2 Å². The predicted molar refractivity (Wildman–Crippen MR) is 99.9 cm³/mol. The van der Waals surface area contributed by atoms with Gasteiger partial charge < -0.3 is 9.30 Å². The number of aromatic nitrogens is 4. The van der Waals surface area contributed by atoms with E-state index >= 15 is 0 Å². The van der Waals surface area contributed by atoms with Crippen LogP contribution in [0.5, 0.6) is 0 Å². The summed E-state index contributed by atoms with van der Waals surface area (Å²) in [6.07, 6.45) is 6.97. The number of hydrogen-bond donors (Lipinski definition) is 0. The Hall–Kier alpha value is -1.76. The SMILES string of the molecule is C[Si](C)(C)CCOCn1cc(-c2ccncn2)c2c(Cl)ccnc21. The summed E-state index contributed by atoms with van der Waals surface area (Å²) in [5, 5.41) is 1.56. The second kappa shape index (κ2) is 7.00. The third-order valence-corrected chi connectivity index (χ3v) is 5.81. The van der Waals surface area contributed by atoms with Crippen molar-refractivity contribution in [3.8, 4) is 11.3 Å². The number of hydrogen-bond acceptors (Lipinski definition) is 4. The molecular formula is C17H21ClN4OSi. The van der Waals surface area contributed by atoms with Gasteiger partial charge >= 0.3 is 0 Å². The van der Waals surface area contributed by atoms with Crippen molar-refractivity contribution < 1.29 is 4.74 Å². The highest BCUT2D eigenvalue weighted by atomic mass is 35.5. The van der Waals surface area contributed by atoms with Crippen molar-refractivity contribution in [2.45, 2.75) is 32.4 Å². The smallest absolute Gasteiger partial charge is 0.143 e. The Bertz CT molecular complexity index is 830. The van der Waals surface area contributed by atoms with Crippen molar-refractivity contribution in [3.05, 3.63) is 42.1 Å². The molecule has 3 rings (SSSR count). The lowest BCUT2D eigenvalue weighted by Crippen LogP contribution is -2.22. The molecule has 3 heterocycles. The van der Waals surface area contributed by atoms with Crippen molar-refractivity contribution >= 4 is 30.7 Å². The Labute approximate surface area is 147 Å². The van der Waals surface area contributed by atoms with E-state index in [4.69, 9.17) is 16.3 Å². The standard InChI is InChI=1S/C17H21ClN4OSi/c1-24(2,3)9-8-23-12-22-10-13(15-5-6-19-11-21-15)16-14(18)4-7-20-17(16)22/h4-7,10-11H,8-9,12H2,1-3H3.